The molecule has 0 aliphatic heterocycles. The number of amides is 1. The zero-order valence-electron chi connectivity index (χ0n) is 12.7. The molecule has 1 N–H and O–H groups in total. The SMILES string of the molecule is Cc1cc(Br)ccc1NC(=O)c1ccccc1-c1ccccc1. The summed E-state index contributed by atoms with van der Waals surface area (Å²) in [5.74, 6) is -0.102. The zero-order chi connectivity index (χ0) is 16.2. The molecule has 0 aromatic heterocycles. The van der Waals surface area contributed by atoms with E-state index in [1.807, 2.05) is 79.7 Å². The van der Waals surface area contributed by atoms with Gasteiger partial charge in [-0.1, -0.05) is 64.5 Å². The third-order valence-electron chi connectivity index (χ3n) is 3.69. The second kappa shape index (κ2) is 6.80. The van der Waals surface area contributed by atoms with Crippen LogP contribution >= 0.6 is 15.9 Å². The Morgan fingerprint density at radius 3 is 2.35 bits per heavy atom. The third-order valence-corrected chi connectivity index (χ3v) is 4.19. The van der Waals surface area contributed by atoms with Gasteiger partial charge in [0, 0.05) is 15.7 Å². The van der Waals surface area contributed by atoms with Gasteiger partial charge in [-0.05, 0) is 47.9 Å². The Bertz CT molecular complexity index is 843. The highest BCUT2D eigenvalue weighted by molar-refractivity contribution is 9.10. The Labute approximate surface area is 144 Å². The molecule has 0 unspecified atom stereocenters. The second-order valence-electron chi connectivity index (χ2n) is 5.32. The number of halogens is 1. The quantitative estimate of drug-likeness (QED) is 0.635. The molecule has 2 nitrogen and oxygen atoms in total. The lowest BCUT2D eigenvalue weighted by Crippen LogP contribution is -2.13. The average Bonchev–Trinajstić information content (AvgIpc) is 2.58. The van der Waals surface area contributed by atoms with Gasteiger partial charge in [0.1, 0.15) is 0 Å². The lowest BCUT2D eigenvalue weighted by atomic mass is 9.99. The van der Waals surface area contributed by atoms with Crippen LogP contribution in [0.3, 0.4) is 0 Å². The molecule has 0 bridgehead atoms. The summed E-state index contributed by atoms with van der Waals surface area (Å²) in [5.41, 5.74) is 4.47. The van der Waals surface area contributed by atoms with Gasteiger partial charge >= 0.3 is 0 Å². The van der Waals surface area contributed by atoms with Crippen LogP contribution in [-0.2, 0) is 0 Å². The van der Waals surface area contributed by atoms with Gasteiger partial charge in [0.2, 0.25) is 0 Å². The number of carbonyl (C=O) groups excluding carboxylic acids is 1. The molecule has 3 aromatic carbocycles. The van der Waals surface area contributed by atoms with E-state index in [-0.39, 0.29) is 5.91 Å². The Kier molecular flexibility index (Phi) is 4.58. The zero-order valence-corrected chi connectivity index (χ0v) is 14.3. The van der Waals surface area contributed by atoms with Crippen molar-refractivity contribution in [3.63, 3.8) is 0 Å². The first-order valence-corrected chi connectivity index (χ1v) is 8.16. The Balaban J connectivity index is 1.94. The number of hydrogen-bond acceptors (Lipinski definition) is 1. The molecule has 23 heavy (non-hydrogen) atoms. The van der Waals surface area contributed by atoms with E-state index >= 15 is 0 Å². The number of benzene rings is 3. The molecular weight excluding hydrogens is 350 g/mol. The monoisotopic (exact) mass is 365 g/mol. The van der Waals surface area contributed by atoms with Crippen molar-refractivity contribution in [3.05, 3.63) is 88.4 Å². The summed E-state index contributed by atoms with van der Waals surface area (Å²) in [6, 6.07) is 23.4. The summed E-state index contributed by atoms with van der Waals surface area (Å²) in [6.45, 7) is 1.98. The van der Waals surface area contributed by atoms with Crippen LogP contribution in [0.2, 0.25) is 0 Å². The molecular formula is C20H16BrNO. The van der Waals surface area contributed by atoms with Crippen LogP contribution in [0.4, 0.5) is 5.69 Å². The van der Waals surface area contributed by atoms with Gasteiger partial charge < -0.3 is 5.32 Å². The molecule has 0 radical (unpaired) electrons. The Morgan fingerprint density at radius 1 is 0.913 bits per heavy atom. The van der Waals surface area contributed by atoms with E-state index in [9.17, 15) is 4.79 Å². The minimum atomic E-state index is -0.102. The van der Waals surface area contributed by atoms with Crippen LogP contribution in [0.15, 0.2) is 77.3 Å². The first-order valence-electron chi connectivity index (χ1n) is 7.37. The van der Waals surface area contributed by atoms with Gasteiger partial charge in [-0.2, -0.15) is 0 Å². The lowest BCUT2D eigenvalue weighted by Gasteiger charge is -2.12. The average molecular weight is 366 g/mol. The van der Waals surface area contributed by atoms with Crippen LogP contribution < -0.4 is 5.32 Å². The fourth-order valence-electron chi connectivity index (χ4n) is 2.51. The molecule has 3 heteroatoms. The molecule has 3 aromatic rings. The predicted molar refractivity (Wildman–Crippen MR) is 98.7 cm³/mol. The van der Waals surface area contributed by atoms with E-state index in [2.05, 4.69) is 21.2 Å². The van der Waals surface area contributed by atoms with Crippen LogP contribution in [0.25, 0.3) is 11.1 Å². The van der Waals surface area contributed by atoms with Crippen molar-refractivity contribution in [2.45, 2.75) is 6.92 Å². The van der Waals surface area contributed by atoms with Crippen molar-refractivity contribution in [3.8, 4) is 11.1 Å². The van der Waals surface area contributed by atoms with Gasteiger partial charge in [0.15, 0.2) is 0 Å². The normalized spacial score (nSPS) is 10.3. The molecule has 0 saturated carbocycles. The highest BCUT2D eigenvalue weighted by Gasteiger charge is 2.13. The predicted octanol–water partition coefficient (Wildman–Crippen LogP) is 5.68. The summed E-state index contributed by atoms with van der Waals surface area (Å²) >= 11 is 3.44. The van der Waals surface area contributed by atoms with Crippen molar-refractivity contribution in [2.75, 3.05) is 5.32 Å². The highest BCUT2D eigenvalue weighted by Crippen LogP contribution is 2.25. The number of nitrogens with one attached hydrogen (secondary N) is 1. The molecule has 0 atom stereocenters. The Hall–Kier alpha value is -2.39. The van der Waals surface area contributed by atoms with Crippen LogP contribution in [0.5, 0.6) is 0 Å². The van der Waals surface area contributed by atoms with Crippen molar-refractivity contribution in [2.24, 2.45) is 0 Å². The van der Waals surface area contributed by atoms with E-state index in [0.717, 1.165) is 26.9 Å². The fraction of sp³-hybridized carbons (Fsp3) is 0.0500. The highest BCUT2D eigenvalue weighted by atomic mass is 79.9. The van der Waals surface area contributed by atoms with E-state index in [1.54, 1.807) is 0 Å². The molecule has 3 rings (SSSR count). The molecule has 0 aliphatic carbocycles. The van der Waals surface area contributed by atoms with Gasteiger partial charge in [0.05, 0.1) is 0 Å². The summed E-state index contributed by atoms with van der Waals surface area (Å²) < 4.78 is 0.998. The molecule has 0 spiro atoms. The molecule has 114 valence electrons. The van der Waals surface area contributed by atoms with Crippen LogP contribution in [0.1, 0.15) is 15.9 Å². The largest absolute Gasteiger partial charge is 0.322 e. The van der Waals surface area contributed by atoms with Crippen molar-refractivity contribution in [1.29, 1.82) is 0 Å². The van der Waals surface area contributed by atoms with Crippen molar-refractivity contribution < 1.29 is 4.79 Å². The van der Waals surface area contributed by atoms with E-state index < -0.39 is 0 Å². The first kappa shape index (κ1) is 15.5. The minimum Gasteiger partial charge on any atom is -0.322 e. The number of rotatable bonds is 3. The second-order valence-corrected chi connectivity index (χ2v) is 6.24. The van der Waals surface area contributed by atoms with Gasteiger partial charge in [-0.3, -0.25) is 4.79 Å². The number of aryl methyl sites for hydroxylation is 1. The third kappa shape index (κ3) is 3.51. The number of hydrogen-bond donors (Lipinski definition) is 1. The lowest BCUT2D eigenvalue weighted by molar-refractivity contribution is 0.102. The van der Waals surface area contributed by atoms with Gasteiger partial charge in [-0.25, -0.2) is 0 Å². The maximum Gasteiger partial charge on any atom is 0.256 e. The number of anilines is 1. The maximum atomic E-state index is 12.7. The summed E-state index contributed by atoms with van der Waals surface area (Å²) in [5, 5.41) is 3.00. The van der Waals surface area contributed by atoms with Gasteiger partial charge in [-0.15, -0.1) is 0 Å². The standard InChI is InChI=1S/C20H16BrNO/c1-14-13-16(21)11-12-19(14)22-20(23)18-10-6-5-9-17(18)15-7-3-2-4-8-15/h2-13H,1H3,(H,22,23). The summed E-state index contributed by atoms with van der Waals surface area (Å²) in [6.07, 6.45) is 0. The van der Waals surface area contributed by atoms with E-state index in [0.29, 0.717) is 5.56 Å². The van der Waals surface area contributed by atoms with Crippen LogP contribution in [-0.4, -0.2) is 5.91 Å². The first-order chi connectivity index (χ1) is 11.1. The van der Waals surface area contributed by atoms with E-state index in [1.165, 1.54) is 0 Å². The molecule has 0 heterocycles. The maximum absolute atomic E-state index is 12.7. The Morgan fingerprint density at radius 2 is 1.61 bits per heavy atom. The molecule has 0 saturated heterocycles. The number of carbonyl (C=O) groups is 1. The fourth-order valence-corrected chi connectivity index (χ4v) is 2.98. The van der Waals surface area contributed by atoms with E-state index in [4.69, 9.17) is 0 Å². The summed E-state index contributed by atoms with van der Waals surface area (Å²) in [7, 11) is 0. The summed E-state index contributed by atoms with van der Waals surface area (Å²) in [4.78, 5) is 12.7. The molecule has 0 fully saturated rings. The smallest absolute Gasteiger partial charge is 0.256 e. The van der Waals surface area contributed by atoms with Gasteiger partial charge in [0.25, 0.3) is 5.91 Å². The topological polar surface area (TPSA) is 29.1 Å². The minimum absolute atomic E-state index is 0.102. The van der Waals surface area contributed by atoms with Crippen molar-refractivity contribution >= 4 is 27.5 Å². The van der Waals surface area contributed by atoms with Crippen LogP contribution in [0, 0.1) is 6.92 Å². The molecule has 0 aliphatic rings. The van der Waals surface area contributed by atoms with Crippen molar-refractivity contribution in [1.82, 2.24) is 0 Å². The molecule has 1 amide bonds.